The fourth-order valence-corrected chi connectivity index (χ4v) is 2.54. The van der Waals surface area contributed by atoms with E-state index in [1.54, 1.807) is 25.8 Å². The van der Waals surface area contributed by atoms with Crippen LogP contribution in [0.3, 0.4) is 0 Å². The number of aliphatic carboxylic acids is 1. The highest BCUT2D eigenvalue weighted by Crippen LogP contribution is 2.24. The van der Waals surface area contributed by atoms with Crippen LogP contribution >= 0.6 is 0 Å². The van der Waals surface area contributed by atoms with Crippen LogP contribution in [-0.4, -0.2) is 35.0 Å². The molecule has 4 heteroatoms. The molecule has 1 unspecified atom stereocenters. The second kappa shape index (κ2) is 6.03. The van der Waals surface area contributed by atoms with Crippen molar-refractivity contribution in [2.75, 3.05) is 7.05 Å². The normalized spacial score (nSPS) is 19.1. The molecule has 0 saturated heterocycles. The average molecular weight is 241 g/mol. The molecule has 1 aliphatic rings. The second-order valence-corrected chi connectivity index (χ2v) is 5.30. The summed E-state index contributed by atoms with van der Waals surface area (Å²) in [5.74, 6) is -2.31. The maximum Gasteiger partial charge on any atom is 0.316 e. The van der Waals surface area contributed by atoms with E-state index in [0.29, 0.717) is 0 Å². The number of amides is 1. The fraction of sp³-hybridized carbons (Fsp3) is 0.846. The molecule has 1 fully saturated rings. The van der Waals surface area contributed by atoms with Gasteiger partial charge < -0.3 is 10.0 Å². The number of hydrogen-bond acceptors (Lipinski definition) is 2. The first-order valence-electron chi connectivity index (χ1n) is 6.44. The highest BCUT2D eigenvalue weighted by atomic mass is 16.4. The van der Waals surface area contributed by atoms with Gasteiger partial charge in [-0.25, -0.2) is 0 Å². The second-order valence-electron chi connectivity index (χ2n) is 5.30. The van der Waals surface area contributed by atoms with Gasteiger partial charge in [-0.15, -0.1) is 0 Å². The predicted octanol–water partition coefficient (Wildman–Crippen LogP) is 2.13. The van der Waals surface area contributed by atoms with Crippen molar-refractivity contribution in [2.45, 2.75) is 52.0 Å². The molecule has 0 heterocycles. The number of rotatable bonds is 4. The van der Waals surface area contributed by atoms with Gasteiger partial charge in [0.05, 0.1) is 0 Å². The summed E-state index contributed by atoms with van der Waals surface area (Å²) in [6, 6.07) is 0.233. The van der Waals surface area contributed by atoms with E-state index in [1.165, 1.54) is 6.42 Å². The van der Waals surface area contributed by atoms with Crippen molar-refractivity contribution in [3.63, 3.8) is 0 Å². The summed E-state index contributed by atoms with van der Waals surface area (Å²) in [4.78, 5) is 25.0. The van der Waals surface area contributed by atoms with Crippen molar-refractivity contribution >= 4 is 11.9 Å². The minimum Gasteiger partial charge on any atom is -0.481 e. The van der Waals surface area contributed by atoms with Gasteiger partial charge in [0.2, 0.25) is 5.91 Å². The first kappa shape index (κ1) is 14.0. The van der Waals surface area contributed by atoms with E-state index >= 15 is 0 Å². The standard InChI is InChI=1S/C13H23NO3/c1-9(2)11(13(16)17)12(15)14(3)10-7-5-4-6-8-10/h9-11H,4-8H2,1-3H3,(H,16,17). The molecule has 0 aromatic heterocycles. The maximum atomic E-state index is 12.2. The molecule has 0 aliphatic heterocycles. The average Bonchev–Trinajstić information content (AvgIpc) is 2.28. The summed E-state index contributed by atoms with van der Waals surface area (Å²) in [6.45, 7) is 3.57. The van der Waals surface area contributed by atoms with E-state index in [9.17, 15) is 9.59 Å². The number of hydrogen-bond donors (Lipinski definition) is 1. The van der Waals surface area contributed by atoms with Crippen LogP contribution in [0.4, 0.5) is 0 Å². The van der Waals surface area contributed by atoms with Crippen LogP contribution in [0.15, 0.2) is 0 Å². The Labute approximate surface area is 103 Å². The molecule has 0 aromatic rings. The third-order valence-corrected chi connectivity index (χ3v) is 3.67. The van der Waals surface area contributed by atoms with Crippen LogP contribution in [0.25, 0.3) is 0 Å². The summed E-state index contributed by atoms with van der Waals surface area (Å²) in [6.07, 6.45) is 5.52. The molecule has 0 radical (unpaired) electrons. The van der Waals surface area contributed by atoms with Crippen LogP contribution < -0.4 is 0 Å². The molecule has 1 saturated carbocycles. The lowest BCUT2D eigenvalue weighted by molar-refractivity contribution is -0.153. The third-order valence-electron chi connectivity index (χ3n) is 3.67. The zero-order valence-corrected chi connectivity index (χ0v) is 11.0. The molecule has 0 spiro atoms. The Morgan fingerprint density at radius 3 is 2.12 bits per heavy atom. The Bertz CT molecular complexity index is 282. The SMILES string of the molecule is CC(C)C(C(=O)O)C(=O)N(C)C1CCCCC1. The highest BCUT2D eigenvalue weighted by molar-refractivity contribution is 5.97. The van der Waals surface area contributed by atoms with Gasteiger partial charge in [-0.3, -0.25) is 9.59 Å². The van der Waals surface area contributed by atoms with E-state index in [2.05, 4.69) is 0 Å². The maximum absolute atomic E-state index is 12.2. The number of carboxylic acid groups (broad SMARTS) is 1. The lowest BCUT2D eigenvalue weighted by atomic mass is 9.90. The molecule has 1 rings (SSSR count). The van der Waals surface area contributed by atoms with Crippen molar-refractivity contribution in [3.05, 3.63) is 0 Å². The first-order valence-corrected chi connectivity index (χ1v) is 6.44. The Kier molecular flexibility index (Phi) is 4.97. The van der Waals surface area contributed by atoms with Gasteiger partial charge in [-0.05, 0) is 18.8 Å². The number of nitrogens with zero attached hydrogens (tertiary/aromatic N) is 1. The molecule has 17 heavy (non-hydrogen) atoms. The van der Waals surface area contributed by atoms with Crippen LogP contribution in [-0.2, 0) is 9.59 Å². The Balaban J connectivity index is 2.69. The zero-order valence-electron chi connectivity index (χ0n) is 11.0. The minimum absolute atomic E-state index is 0.161. The molecule has 0 bridgehead atoms. The van der Waals surface area contributed by atoms with E-state index in [-0.39, 0.29) is 17.9 Å². The summed E-state index contributed by atoms with van der Waals surface area (Å²) in [5, 5.41) is 9.11. The Morgan fingerprint density at radius 2 is 1.71 bits per heavy atom. The molecule has 1 amide bonds. The van der Waals surface area contributed by atoms with E-state index in [0.717, 1.165) is 25.7 Å². The Hall–Kier alpha value is -1.06. The number of carbonyl (C=O) groups excluding carboxylic acids is 1. The zero-order chi connectivity index (χ0) is 13.0. The monoisotopic (exact) mass is 241 g/mol. The van der Waals surface area contributed by atoms with Crippen molar-refractivity contribution in [2.24, 2.45) is 11.8 Å². The molecule has 0 aromatic carbocycles. The molecule has 1 atom stereocenters. The smallest absolute Gasteiger partial charge is 0.316 e. The first-order chi connectivity index (χ1) is 7.95. The van der Waals surface area contributed by atoms with Crippen LogP contribution in [0.1, 0.15) is 46.0 Å². The summed E-state index contributed by atoms with van der Waals surface area (Å²) in [5.41, 5.74) is 0. The number of carbonyl (C=O) groups is 2. The van der Waals surface area contributed by atoms with Crippen molar-refractivity contribution in [1.29, 1.82) is 0 Å². The van der Waals surface area contributed by atoms with E-state index in [1.807, 2.05) is 0 Å². The van der Waals surface area contributed by atoms with E-state index < -0.39 is 11.9 Å². The lowest BCUT2D eigenvalue weighted by Gasteiger charge is -2.33. The largest absolute Gasteiger partial charge is 0.481 e. The van der Waals surface area contributed by atoms with Crippen LogP contribution in [0.5, 0.6) is 0 Å². The predicted molar refractivity (Wildman–Crippen MR) is 65.6 cm³/mol. The molecule has 1 N–H and O–H groups in total. The molecule has 4 nitrogen and oxygen atoms in total. The third kappa shape index (κ3) is 3.45. The molecule has 1 aliphatic carbocycles. The van der Waals surface area contributed by atoms with Gasteiger partial charge in [-0.2, -0.15) is 0 Å². The van der Waals surface area contributed by atoms with Gasteiger partial charge in [0.25, 0.3) is 0 Å². The fourth-order valence-electron chi connectivity index (χ4n) is 2.54. The molecule has 98 valence electrons. The van der Waals surface area contributed by atoms with Gasteiger partial charge in [0, 0.05) is 13.1 Å². The summed E-state index contributed by atoms with van der Waals surface area (Å²) >= 11 is 0. The van der Waals surface area contributed by atoms with Crippen molar-refractivity contribution in [1.82, 2.24) is 4.90 Å². The van der Waals surface area contributed by atoms with Gasteiger partial charge >= 0.3 is 5.97 Å². The van der Waals surface area contributed by atoms with Gasteiger partial charge in [0.1, 0.15) is 5.92 Å². The topological polar surface area (TPSA) is 57.6 Å². The minimum atomic E-state index is -1.01. The molecular weight excluding hydrogens is 218 g/mol. The summed E-state index contributed by atoms with van der Waals surface area (Å²) in [7, 11) is 1.75. The lowest BCUT2D eigenvalue weighted by Crippen LogP contribution is -2.45. The Morgan fingerprint density at radius 1 is 1.18 bits per heavy atom. The van der Waals surface area contributed by atoms with Crippen LogP contribution in [0, 0.1) is 11.8 Å². The van der Waals surface area contributed by atoms with E-state index in [4.69, 9.17) is 5.11 Å². The molecular formula is C13H23NO3. The van der Waals surface area contributed by atoms with Crippen LogP contribution in [0.2, 0.25) is 0 Å². The highest BCUT2D eigenvalue weighted by Gasteiger charge is 2.34. The van der Waals surface area contributed by atoms with Crippen molar-refractivity contribution < 1.29 is 14.7 Å². The number of carboxylic acids is 1. The van der Waals surface area contributed by atoms with Gasteiger partial charge in [0.15, 0.2) is 0 Å². The van der Waals surface area contributed by atoms with Crippen molar-refractivity contribution in [3.8, 4) is 0 Å². The van der Waals surface area contributed by atoms with Gasteiger partial charge in [-0.1, -0.05) is 33.1 Å². The quantitative estimate of drug-likeness (QED) is 0.767. The summed E-state index contributed by atoms with van der Waals surface area (Å²) < 4.78 is 0.